The van der Waals surface area contributed by atoms with Crippen LogP contribution in [0.5, 0.6) is 0 Å². The molecule has 0 fully saturated rings. The molecule has 0 spiro atoms. The van der Waals surface area contributed by atoms with E-state index in [4.69, 9.17) is 5.73 Å². The van der Waals surface area contributed by atoms with Gasteiger partial charge in [0.05, 0.1) is 11.8 Å². The number of rotatable bonds is 2. The summed E-state index contributed by atoms with van der Waals surface area (Å²) >= 11 is 0. The van der Waals surface area contributed by atoms with E-state index < -0.39 is 0 Å². The van der Waals surface area contributed by atoms with Crippen LogP contribution in [0.15, 0.2) is 12.4 Å². The Morgan fingerprint density at radius 1 is 1.33 bits per heavy atom. The maximum absolute atomic E-state index is 5.59. The summed E-state index contributed by atoms with van der Waals surface area (Å²) in [7, 11) is 1.84. The molecule has 6 heteroatoms. The SMILES string of the molecule is CCc1nc(N)nc(-c2cnn(C)c2)n1. The van der Waals surface area contributed by atoms with Crippen LogP contribution < -0.4 is 5.73 Å². The van der Waals surface area contributed by atoms with Crippen LogP contribution in [0, 0.1) is 0 Å². The number of nitrogens with two attached hydrogens (primary N) is 1. The van der Waals surface area contributed by atoms with E-state index in [-0.39, 0.29) is 5.95 Å². The first-order valence-electron chi connectivity index (χ1n) is 4.68. The fourth-order valence-electron chi connectivity index (χ4n) is 1.26. The molecule has 0 amide bonds. The topological polar surface area (TPSA) is 82.5 Å². The third-order valence-corrected chi connectivity index (χ3v) is 1.98. The van der Waals surface area contributed by atoms with Crippen LogP contribution in [-0.2, 0) is 13.5 Å². The Hall–Kier alpha value is -1.98. The Labute approximate surface area is 87.2 Å². The standard InChI is InChI=1S/C9H12N6/c1-3-7-12-8(14-9(10)13-7)6-4-11-15(2)5-6/h4-5H,3H2,1-2H3,(H2,10,12,13,14). The molecule has 0 saturated heterocycles. The Morgan fingerprint density at radius 2 is 2.13 bits per heavy atom. The van der Waals surface area contributed by atoms with E-state index in [1.165, 1.54) is 0 Å². The van der Waals surface area contributed by atoms with Gasteiger partial charge in [0.25, 0.3) is 0 Å². The van der Waals surface area contributed by atoms with Crippen molar-refractivity contribution in [2.24, 2.45) is 7.05 Å². The predicted octanol–water partition coefficient (Wildman–Crippen LogP) is 0.417. The van der Waals surface area contributed by atoms with E-state index in [1.54, 1.807) is 10.9 Å². The lowest BCUT2D eigenvalue weighted by Crippen LogP contribution is -2.03. The average molecular weight is 204 g/mol. The van der Waals surface area contributed by atoms with Gasteiger partial charge in [-0.3, -0.25) is 4.68 Å². The number of aromatic nitrogens is 5. The molecule has 2 N–H and O–H groups in total. The minimum absolute atomic E-state index is 0.251. The van der Waals surface area contributed by atoms with Crippen LogP contribution in [-0.4, -0.2) is 24.7 Å². The monoisotopic (exact) mass is 204 g/mol. The van der Waals surface area contributed by atoms with Crippen molar-refractivity contribution in [3.63, 3.8) is 0 Å². The van der Waals surface area contributed by atoms with E-state index in [0.717, 1.165) is 12.0 Å². The fraction of sp³-hybridized carbons (Fsp3) is 0.333. The third kappa shape index (κ3) is 1.93. The number of nitrogen functional groups attached to an aromatic ring is 1. The maximum Gasteiger partial charge on any atom is 0.223 e. The van der Waals surface area contributed by atoms with Crippen molar-refractivity contribution in [3.05, 3.63) is 18.2 Å². The zero-order valence-corrected chi connectivity index (χ0v) is 8.68. The van der Waals surface area contributed by atoms with Crippen molar-refractivity contribution in [1.82, 2.24) is 24.7 Å². The first-order chi connectivity index (χ1) is 7.19. The first kappa shape index (κ1) is 9.57. The highest BCUT2D eigenvalue weighted by Gasteiger charge is 2.07. The van der Waals surface area contributed by atoms with Crippen molar-refractivity contribution in [3.8, 4) is 11.4 Å². The van der Waals surface area contributed by atoms with Crippen LogP contribution in [0.4, 0.5) is 5.95 Å². The van der Waals surface area contributed by atoms with Crippen molar-refractivity contribution < 1.29 is 0 Å². The second kappa shape index (κ2) is 3.64. The molecule has 0 unspecified atom stereocenters. The summed E-state index contributed by atoms with van der Waals surface area (Å²) in [6.07, 6.45) is 4.28. The number of nitrogens with zero attached hydrogens (tertiary/aromatic N) is 5. The first-order valence-corrected chi connectivity index (χ1v) is 4.68. The normalized spacial score (nSPS) is 10.5. The third-order valence-electron chi connectivity index (χ3n) is 1.98. The van der Waals surface area contributed by atoms with Gasteiger partial charge in [-0.05, 0) is 0 Å². The molecule has 2 aromatic rings. The molecule has 78 valence electrons. The van der Waals surface area contributed by atoms with Crippen LogP contribution in [0.3, 0.4) is 0 Å². The maximum atomic E-state index is 5.59. The molecule has 0 aliphatic carbocycles. The van der Waals surface area contributed by atoms with Gasteiger partial charge in [0, 0.05) is 19.7 Å². The highest BCUT2D eigenvalue weighted by Crippen LogP contribution is 2.13. The van der Waals surface area contributed by atoms with Gasteiger partial charge in [0.1, 0.15) is 5.82 Å². The van der Waals surface area contributed by atoms with Crippen LogP contribution in [0.25, 0.3) is 11.4 Å². The Morgan fingerprint density at radius 3 is 2.73 bits per heavy atom. The predicted molar refractivity (Wildman–Crippen MR) is 55.8 cm³/mol. The molecule has 0 radical (unpaired) electrons. The molecule has 2 rings (SSSR count). The van der Waals surface area contributed by atoms with Gasteiger partial charge in [-0.25, -0.2) is 4.98 Å². The molecule has 6 nitrogen and oxygen atoms in total. The Bertz CT molecular complexity index is 475. The van der Waals surface area contributed by atoms with Crippen LogP contribution in [0.2, 0.25) is 0 Å². The molecule has 2 aromatic heterocycles. The van der Waals surface area contributed by atoms with Gasteiger partial charge in [-0.1, -0.05) is 6.92 Å². The fourth-order valence-corrected chi connectivity index (χ4v) is 1.26. The zero-order chi connectivity index (χ0) is 10.8. The summed E-state index contributed by atoms with van der Waals surface area (Å²) < 4.78 is 1.70. The van der Waals surface area contributed by atoms with Gasteiger partial charge in [0.2, 0.25) is 5.95 Å². The molecule has 2 heterocycles. The number of hydrogen-bond donors (Lipinski definition) is 1. The van der Waals surface area contributed by atoms with Crippen LogP contribution in [0.1, 0.15) is 12.7 Å². The van der Waals surface area contributed by atoms with E-state index in [9.17, 15) is 0 Å². The molecule has 15 heavy (non-hydrogen) atoms. The van der Waals surface area contributed by atoms with E-state index in [1.807, 2.05) is 20.2 Å². The van der Waals surface area contributed by atoms with E-state index in [2.05, 4.69) is 20.1 Å². The summed E-state index contributed by atoms with van der Waals surface area (Å²) in [6, 6.07) is 0. The summed E-state index contributed by atoms with van der Waals surface area (Å²) in [5.41, 5.74) is 6.44. The Kier molecular flexibility index (Phi) is 2.32. The molecular formula is C9H12N6. The van der Waals surface area contributed by atoms with Crippen molar-refractivity contribution in [2.45, 2.75) is 13.3 Å². The average Bonchev–Trinajstić information content (AvgIpc) is 2.64. The van der Waals surface area contributed by atoms with Gasteiger partial charge in [-0.15, -0.1) is 0 Å². The van der Waals surface area contributed by atoms with Gasteiger partial charge >= 0.3 is 0 Å². The van der Waals surface area contributed by atoms with E-state index in [0.29, 0.717) is 11.6 Å². The molecule has 0 atom stereocenters. The van der Waals surface area contributed by atoms with Crippen molar-refractivity contribution >= 4 is 5.95 Å². The largest absolute Gasteiger partial charge is 0.368 e. The smallest absolute Gasteiger partial charge is 0.223 e. The number of hydrogen-bond acceptors (Lipinski definition) is 5. The zero-order valence-electron chi connectivity index (χ0n) is 8.68. The number of anilines is 1. The summed E-state index contributed by atoms with van der Waals surface area (Å²) in [4.78, 5) is 12.4. The molecule has 0 aliphatic rings. The number of aryl methyl sites for hydroxylation is 2. The second-order valence-electron chi connectivity index (χ2n) is 3.19. The lowest BCUT2D eigenvalue weighted by molar-refractivity contribution is 0.768. The van der Waals surface area contributed by atoms with Gasteiger partial charge in [-0.2, -0.15) is 15.1 Å². The minimum atomic E-state index is 0.251. The molecule has 0 aliphatic heterocycles. The van der Waals surface area contributed by atoms with Crippen LogP contribution >= 0.6 is 0 Å². The van der Waals surface area contributed by atoms with Gasteiger partial charge in [0.15, 0.2) is 5.82 Å². The molecule has 0 saturated carbocycles. The summed E-state index contributed by atoms with van der Waals surface area (Å²) in [6.45, 7) is 1.97. The molecule has 0 bridgehead atoms. The second-order valence-corrected chi connectivity index (χ2v) is 3.19. The highest BCUT2D eigenvalue weighted by molar-refractivity contribution is 5.53. The van der Waals surface area contributed by atoms with Crippen molar-refractivity contribution in [1.29, 1.82) is 0 Å². The lowest BCUT2D eigenvalue weighted by atomic mass is 10.3. The molecular weight excluding hydrogens is 192 g/mol. The van der Waals surface area contributed by atoms with E-state index >= 15 is 0 Å². The quantitative estimate of drug-likeness (QED) is 0.766. The van der Waals surface area contributed by atoms with Gasteiger partial charge < -0.3 is 5.73 Å². The van der Waals surface area contributed by atoms with Crippen molar-refractivity contribution in [2.75, 3.05) is 5.73 Å². The lowest BCUT2D eigenvalue weighted by Gasteiger charge is -2.00. The summed E-state index contributed by atoms with van der Waals surface area (Å²) in [5.74, 6) is 1.52. The Balaban J connectivity index is 2.48. The highest BCUT2D eigenvalue weighted by atomic mass is 15.2. The summed E-state index contributed by atoms with van der Waals surface area (Å²) in [5, 5.41) is 4.05. The molecule has 0 aromatic carbocycles. The minimum Gasteiger partial charge on any atom is -0.368 e.